The molecule has 0 aliphatic carbocycles. The smallest absolute Gasteiger partial charge is 0.331 e. The van der Waals surface area contributed by atoms with Crippen molar-refractivity contribution >= 4 is 12.4 Å². The molecule has 1 aromatic heterocycles. The normalized spacial score (nSPS) is 12.2. The summed E-state index contributed by atoms with van der Waals surface area (Å²) in [7, 11) is 0. The largest absolute Gasteiger partial charge is 0.479 e. The van der Waals surface area contributed by atoms with Crippen LogP contribution in [-0.2, 0) is 9.59 Å². The Morgan fingerprint density at radius 2 is 2.12 bits per heavy atom. The number of pyridine rings is 1. The number of carbonyl (C=O) groups is 2. The third kappa shape index (κ3) is 3.03. The van der Waals surface area contributed by atoms with Crippen molar-refractivity contribution in [3.63, 3.8) is 0 Å². The first-order valence-corrected chi connectivity index (χ1v) is 5.35. The Balaban J connectivity index is 3.12. The maximum atomic E-state index is 11.3. The average Bonchev–Trinajstić information content (AvgIpc) is 2.26. The van der Waals surface area contributed by atoms with Crippen LogP contribution in [0.15, 0.2) is 18.3 Å². The van der Waals surface area contributed by atoms with E-state index in [9.17, 15) is 14.7 Å². The van der Waals surface area contributed by atoms with Crippen molar-refractivity contribution in [1.29, 1.82) is 0 Å². The summed E-state index contributed by atoms with van der Waals surface area (Å²) in [5.41, 5.74) is 1.31. The summed E-state index contributed by atoms with van der Waals surface area (Å²) in [5, 5.41) is 9.22. The van der Waals surface area contributed by atoms with Gasteiger partial charge in [0.2, 0.25) is 6.41 Å². The molecule has 1 aromatic rings. The minimum absolute atomic E-state index is 0.185. The van der Waals surface area contributed by atoms with Gasteiger partial charge < -0.3 is 10.0 Å². The lowest BCUT2D eigenvalue weighted by Gasteiger charge is -2.28. The van der Waals surface area contributed by atoms with Crippen LogP contribution in [0.2, 0.25) is 0 Å². The highest BCUT2D eigenvalue weighted by Crippen LogP contribution is 2.21. The molecule has 92 valence electrons. The molecule has 0 saturated heterocycles. The molecule has 0 radical (unpaired) electrons. The zero-order valence-corrected chi connectivity index (χ0v) is 10.1. The van der Waals surface area contributed by atoms with E-state index in [2.05, 4.69) is 4.98 Å². The first kappa shape index (κ1) is 13.2. The van der Waals surface area contributed by atoms with E-state index in [-0.39, 0.29) is 6.04 Å². The number of aromatic nitrogens is 1. The van der Waals surface area contributed by atoms with Gasteiger partial charge in [0.05, 0.1) is 0 Å². The molecule has 1 N–H and O–H groups in total. The van der Waals surface area contributed by atoms with Crippen molar-refractivity contribution in [1.82, 2.24) is 9.88 Å². The molecule has 5 heteroatoms. The van der Waals surface area contributed by atoms with Gasteiger partial charge in [-0.2, -0.15) is 0 Å². The maximum Gasteiger partial charge on any atom is 0.331 e. The molecule has 0 saturated carbocycles. The Bertz CT molecular complexity index is 401. The summed E-state index contributed by atoms with van der Waals surface area (Å²) in [4.78, 5) is 27.5. The molecule has 0 bridgehead atoms. The fourth-order valence-electron chi connectivity index (χ4n) is 1.56. The maximum absolute atomic E-state index is 11.3. The van der Waals surface area contributed by atoms with Crippen molar-refractivity contribution in [3.05, 3.63) is 29.6 Å². The first-order valence-electron chi connectivity index (χ1n) is 5.35. The summed E-state index contributed by atoms with van der Waals surface area (Å²) in [6, 6.07) is 2.24. The van der Waals surface area contributed by atoms with Crippen LogP contribution >= 0.6 is 0 Å². The molecule has 0 fully saturated rings. The predicted octanol–water partition coefficient (Wildman–Crippen LogP) is 1.38. The van der Waals surface area contributed by atoms with Gasteiger partial charge in [-0.25, -0.2) is 4.79 Å². The summed E-state index contributed by atoms with van der Waals surface area (Å²) >= 11 is 0. The van der Waals surface area contributed by atoms with Crippen LogP contribution in [0.3, 0.4) is 0 Å². The second kappa shape index (κ2) is 5.43. The minimum atomic E-state index is -1.06. The highest BCUT2D eigenvalue weighted by Gasteiger charge is 2.28. The minimum Gasteiger partial charge on any atom is -0.479 e. The molecule has 0 aromatic carbocycles. The van der Waals surface area contributed by atoms with Gasteiger partial charge in [-0.1, -0.05) is 6.07 Å². The van der Waals surface area contributed by atoms with Gasteiger partial charge in [0.25, 0.3) is 0 Å². The first-order chi connectivity index (χ1) is 7.97. The van der Waals surface area contributed by atoms with Gasteiger partial charge in [0.15, 0.2) is 6.04 Å². The second-order valence-corrected chi connectivity index (χ2v) is 4.12. The van der Waals surface area contributed by atoms with Gasteiger partial charge in [0.1, 0.15) is 0 Å². The van der Waals surface area contributed by atoms with Gasteiger partial charge in [-0.05, 0) is 26.8 Å². The van der Waals surface area contributed by atoms with Gasteiger partial charge in [-0.3, -0.25) is 9.78 Å². The van der Waals surface area contributed by atoms with E-state index < -0.39 is 12.0 Å². The average molecular weight is 236 g/mol. The fraction of sp³-hybridized carbons (Fsp3) is 0.417. The van der Waals surface area contributed by atoms with Crippen molar-refractivity contribution in [2.45, 2.75) is 32.9 Å². The molecular formula is C12H16N2O3. The van der Waals surface area contributed by atoms with E-state index >= 15 is 0 Å². The predicted molar refractivity (Wildman–Crippen MR) is 62.4 cm³/mol. The summed E-state index contributed by atoms with van der Waals surface area (Å²) < 4.78 is 0. The van der Waals surface area contributed by atoms with E-state index in [0.717, 1.165) is 5.69 Å². The molecule has 0 spiro atoms. The van der Waals surface area contributed by atoms with Crippen molar-refractivity contribution in [2.24, 2.45) is 0 Å². The van der Waals surface area contributed by atoms with E-state index in [4.69, 9.17) is 0 Å². The Labute approximate surface area is 100 Å². The van der Waals surface area contributed by atoms with Crippen molar-refractivity contribution in [3.8, 4) is 0 Å². The molecule has 1 atom stereocenters. The highest BCUT2D eigenvalue weighted by atomic mass is 16.4. The number of nitrogens with zero attached hydrogens (tertiary/aromatic N) is 2. The Morgan fingerprint density at radius 3 is 2.47 bits per heavy atom. The van der Waals surface area contributed by atoms with Gasteiger partial charge >= 0.3 is 5.97 Å². The number of hydrogen-bond acceptors (Lipinski definition) is 3. The van der Waals surface area contributed by atoms with Gasteiger partial charge in [-0.15, -0.1) is 0 Å². The Kier molecular flexibility index (Phi) is 4.20. The molecule has 1 rings (SSSR count). The molecule has 0 aliphatic heterocycles. The van der Waals surface area contributed by atoms with Crippen LogP contribution < -0.4 is 0 Å². The lowest BCUT2D eigenvalue weighted by atomic mass is 10.1. The standard InChI is InChI=1S/C12H16N2O3/c1-8(2)14(7-15)11(12(16)17)10-5-4-9(3)13-6-10/h4-8,11H,1-3H3,(H,16,17). The number of aryl methyl sites for hydroxylation is 1. The SMILES string of the molecule is Cc1ccc(C(C(=O)O)N(C=O)C(C)C)cn1. The molecule has 1 heterocycles. The summed E-state index contributed by atoms with van der Waals surface area (Å²) in [6.07, 6.45) is 2.05. The molecule has 5 nitrogen and oxygen atoms in total. The monoisotopic (exact) mass is 236 g/mol. The van der Waals surface area contributed by atoms with E-state index in [1.807, 2.05) is 6.92 Å². The number of carboxylic acids is 1. The van der Waals surface area contributed by atoms with Crippen molar-refractivity contribution in [2.75, 3.05) is 0 Å². The van der Waals surface area contributed by atoms with Crippen LogP contribution in [0.4, 0.5) is 0 Å². The van der Waals surface area contributed by atoms with E-state index in [1.165, 1.54) is 11.1 Å². The third-order valence-electron chi connectivity index (χ3n) is 2.50. The van der Waals surface area contributed by atoms with Crippen LogP contribution in [0.25, 0.3) is 0 Å². The lowest BCUT2D eigenvalue weighted by molar-refractivity contribution is -0.148. The van der Waals surface area contributed by atoms with Crippen LogP contribution in [0.1, 0.15) is 31.1 Å². The summed E-state index contributed by atoms with van der Waals surface area (Å²) in [5.74, 6) is -1.06. The van der Waals surface area contributed by atoms with E-state index in [1.54, 1.807) is 26.0 Å². The highest BCUT2D eigenvalue weighted by molar-refractivity contribution is 5.78. The molecular weight excluding hydrogens is 220 g/mol. The third-order valence-corrected chi connectivity index (χ3v) is 2.50. The lowest BCUT2D eigenvalue weighted by Crippen LogP contribution is -2.38. The zero-order valence-electron chi connectivity index (χ0n) is 10.1. The van der Waals surface area contributed by atoms with Crippen molar-refractivity contribution < 1.29 is 14.7 Å². The van der Waals surface area contributed by atoms with E-state index in [0.29, 0.717) is 12.0 Å². The number of hydrogen-bond donors (Lipinski definition) is 1. The molecule has 17 heavy (non-hydrogen) atoms. The Hall–Kier alpha value is -1.91. The number of carbonyl (C=O) groups excluding carboxylic acids is 1. The fourth-order valence-corrected chi connectivity index (χ4v) is 1.56. The zero-order chi connectivity index (χ0) is 13.0. The van der Waals surface area contributed by atoms with Crippen LogP contribution in [-0.4, -0.2) is 33.4 Å². The number of carboxylic acid groups (broad SMARTS) is 1. The summed E-state index contributed by atoms with van der Waals surface area (Å²) in [6.45, 7) is 5.36. The number of rotatable bonds is 5. The number of amides is 1. The van der Waals surface area contributed by atoms with Gasteiger partial charge in [0, 0.05) is 23.5 Å². The molecule has 0 aliphatic rings. The number of aliphatic carboxylic acids is 1. The second-order valence-electron chi connectivity index (χ2n) is 4.12. The van der Waals surface area contributed by atoms with Crippen LogP contribution in [0.5, 0.6) is 0 Å². The topological polar surface area (TPSA) is 70.5 Å². The Morgan fingerprint density at radius 1 is 1.47 bits per heavy atom. The molecule has 1 unspecified atom stereocenters. The molecule has 1 amide bonds. The quantitative estimate of drug-likeness (QED) is 0.784. The van der Waals surface area contributed by atoms with Crippen LogP contribution in [0, 0.1) is 6.92 Å².